The van der Waals surface area contributed by atoms with Gasteiger partial charge in [0, 0.05) is 12.6 Å². The highest BCUT2D eigenvalue weighted by atomic mass is 79.9. The molecule has 0 bridgehead atoms. The number of benzene rings is 1. The van der Waals surface area contributed by atoms with Gasteiger partial charge in [-0.25, -0.2) is 13.5 Å². The van der Waals surface area contributed by atoms with Gasteiger partial charge >= 0.3 is 0 Å². The van der Waals surface area contributed by atoms with Crippen molar-refractivity contribution in [2.45, 2.75) is 19.4 Å². The Morgan fingerprint density at radius 1 is 1.35 bits per heavy atom. The number of rotatable bonds is 5. The van der Waals surface area contributed by atoms with Gasteiger partial charge < -0.3 is 5.32 Å². The zero-order valence-electron chi connectivity index (χ0n) is 11.2. The summed E-state index contributed by atoms with van der Waals surface area (Å²) in [5.41, 5.74) is 0.564. The Kier molecular flexibility index (Phi) is 4.82. The van der Waals surface area contributed by atoms with Crippen molar-refractivity contribution in [1.82, 2.24) is 20.3 Å². The van der Waals surface area contributed by atoms with Gasteiger partial charge in [-0.1, -0.05) is 18.2 Å². The highest BCUT2D eigenvalue weighted by Crippen LogP contribution is 2.30. The van der Waals surface area contributed by atoms with Crippen LogP contribution in [0.1, 0.15) is 30.6 Å². The summed E-state index contributed by atoms with van der Waals surface area (Å²) in [4.78, 5) is 0. The van der Waals surface area contributed by atoms with Crippen LogP contribution in [0.3, 0.4) is 0 Å². The van der Waals surface area contributed by atoms with E-state index >= 15 is 0 Å². The van der Waals surface area contributed by atoms with E-state index in [2.05, 4.69) is 31.6 Å². The molecule has 1 N–H and O–H groups in total. The third-order valence-corrected chi connectivity index (χ3v) is 3.55. The summed E-state index contributed by atoms with van der Waals surface area (Å²) in [6.07, 6.45) is 0.843. The molecule has 2 rings (SSSR count). The summed E-state index contributed by atoms with van der Waals surface area (Å²) in [5.74, 6) is -1.18. The van der Waals surface area contributed by atoms with E-state index in [0.717, 1.165) is 6.42 Å². The van der Waals surface area contributed by atoms with E-state index in [0.29, 0.717) is 16.8 Å². The predicted molar refractivity (Wildman–Crippen MR) is 75.2 cm³/mol. The van der Waals surface area contributed by atoms with Gasteiger partial charge in [0.1, 0.15) is 11.6 Å². The van der Waals surface area contributed by atoms with E-state index < -0.39 is 17.7 Å². The summed E-state index contributed by atoms with van der Waals surface area (Å²) in [6, 6.07) is 3.19. The van der Waals surface area contributed by atoms with Crippen LogP contribution in [-0.4, -0.2) is 21.5 Å². The summed E-state index contributed by atoms with van der Waals surface area (Å²) in [6.45, 7) is 2.61. The molecule has 4 nitrogen and oxygen atoms in total. The summed E-state index contributed by atoms with van der Waals surface area (Å²) >= 11 is 3.28. The number of nitrogens with zero attached hydrogens (tertiary/aromatic N) is 3. The molecule has 0 amide bonds. The highest BCUT2D eigenvalue weighted by Gasteiger charge is 2.26. The summed E-state index contributed by atoms with van der Waals surface area (Å²) in [5, 5.41) is 10.9. The third-order valence-electron chi connectivity index (χ3n) is 2.99. The van der Waals surface area contributed by atoms with E-state index in [4.69, 9.17) is 0 Å². The van der Waals surface area contributed by atoms with E-state index in [9.17, 15) is 8.78 Å². The first-order valence-corrected chi connectivity index (χ1v) is 7.08. The molecule has 20 heavy (non-hydrogen) atoms. The van der Waals surface area contributed by atoms with Crippen molar-refractivity contribution in [2.75, 3.05) is 6.54 Å². The van der Waals surface area contributed by atoms with Crippen molar-refractivity contribution in [2.24, 2.45) is 7.05 Å². The SMILES string of the molecule is CCCNC(c1c(F)cccc1F)c1c(Br)nnn1C. The van der Waals surface area contributed by atoms with Gasteiger partial charge in [-0.3, -0.25) is 0 Å². The first-order valence-electron chi connectivity index (χ1n) is 6.28. The molecular weight excluding hydrogens is 330 g/mol. The second-order valence-electron chi connectivity index (χ2n) is 4.41. The third kappa shape index (κ3) is 2.88. The number of aryl methyl sites for hydroxylation is 1. The molecule has 1 unspecified atom stereocenters. The molecule has 0 saturated carbocycles. The normalized spacial score (nSPS) is 12.7. The highest BCUT2D eigenvalue weighted by molar-refractivity contribution is 9.10. The van der Waals surface area contributed by atoms with Crippen molar-refractivity contribution in [3.8, 4) is 0 Å². The summed E-state index contributed by atoms with van der Waals surface area (Å²) in [7, 11) is 1.69. The lowest BCUT2D eigenvalue weighted by Gasteiger charge is -2.20. The molecule has 0 spiro atoms. The van der Waals surface area contributed by atoms with Crippen molar-refractivity contribution in [1.29, 1.82) is 0 Å². The first-order chi connectivity index (χ1) is 9.56. The van der Waals surface area contributed by atoms with Crippen LogP contribution in [0.2, 0.25) is 0 Å². The van der Waals surface area contributed by atoms with Gasteiger partial charge in [-0.05, 0) is 41.0 Å². The Morgan fingerprint density at radius 2 is 2.00 bits per heavy atom. The molecule has 1 heterocycles. The van der Waals surface area contributed by atoms with E-state index in [1.807, 2.05) is 6.92 Å². The number of nitrogens with one attached hydrogen (secondary N) is 1. The van der Waals surface area contributed by atoms with Crippen LogP contribution >= 0.6 is 15.9 Å². The summed E-state index contributed by atoms with van der Waals surface area (Å²) < 4.78 is 30.0. The predicted octanol–water partition coefficient (Wildman–Crippen LogP) is 2.94. The first kappa shape index (κ1) is 15.1. The van der Waals surface area contributed by atoms with Gasteiger partial charge in [0.25, 0.3) is 0 Å². The van der Waals surface area contributed by atoms with Crippen LogP contribution in [0.15, 0.2) is 22.8 Å². The number of aromatic nitrogens is 3. The largest absolute Gasteiger partial charge is 0.305 e. The van der Waals surface area contributed by atoms with Crippen LogP contribution in [0.25, 0.3) is 0 Å². The quantitative estimate of drug-likeness (QED) is 0.906. The molecule has 1 atom stereocenters. The Bertz CT molecular complexity index is 560. The number of halogens is 3. The lowest BCUT2D eigenvalue weighted by molar-refractivity contribution is 0.484. The molecule has 108 valence electrons. The van der Waals surface area contributed by atoms with Crippen molar-refractivity contribution < 1.29 is 8.78 Å². The molecule has 0 fully saturated rings. The van der Waals surface area contributed by atoms with Gasteiger partial charge in [0.15, 0.2) is 4.60 Å². The standard InChI is InChI=1S/C13H15BrF2N4/c1-3-7-17-11(12-13(14)18-19-20(12)2)10-8(15)5-4-6-9(10)16/h4-6,11,17H,3,7H2,1-2H3. The Balaban J connectivity index is 2.53. The van der Waals surface area contributed by atoms with Gasteiger partial charge in [-0.2, -0.15) is 0 Å². The van der Waals surface area contributed by atoms with Crippen molar-refractivity contribution >= 4 is 15.9 Å². The fraction of sp³-hybridized carbons (Fsp3) is 0.385. The van der Waals surface area contributed by atoms with Crippen LogP contribution in [-0.2, 0) is 7.05 Å². The van der Waals surface area contributed by atoms with Crippen LogP contribution in [0, 0.1) is 11.6 Å². The smallest absolute Gasteiger partial charge is 0.153 e. The van der Waals surface area contributed by atoms with Gasteiger partial charge in [0.2, 0.25) is 0 Å². The number of hydrogen-bond donors (Lipinski definition) is 1. The molecule has 0 aliphatic heterocycles. The molecule has 0 saturated heterocycles. The van der Waals surface area contributed by atoms with Gasteiger partial charge in [-0.15, -0.1) is 5.10 Å². The van der Waals surface area contributed by atoms with E-state index in [1.165, 1.54) is 22.9 Å². The molecular formula is C13H15BrF2N4. The monoisotopic (exact) mass is 344 g/mol. The maximum atomic E-state index is 14.0. The minimum Gasteiger partial charge on any atom is -0.305 e. The molecule has 0 aliphatic rings. The van der Waals surface area contributed by atoms with Crippen molar-refractivity contribution in [3.05, 3.63) is 45.7 Å². The molecule has 2 aromatic rings. The second kappa shape index (κ2) is 6.41. The minimum atomic E-state index is -0.648. The maximum absolute atomic E-state index is 14.0. The van der Waals surface area contributed by atoms with Crippen LogP contribution < -0.4 is 5.32 Å². The Labute approximate surface area is 124 Å². The number of hydrogen-bond acceptors (Lipinski definition) is 3. The van der Waals surface area contributed by atoms with E-state index in [-0.39, 0.29) is 5.56 Å². The fourth-order valence-corrected chi connectivity index (χ4v) is 2.61. The van der Waals surface area contributed by atoms with E-state index in [1.54, 1.807) is 7.05 Å². The molecule has 7 heteroatoms. The Hall–Kier alpha value is -1.34. The molecule has 0 aliphatic carbocycles. The minimum absolute atomic E-state index is 0.0212. The average Bonchev–Trinajstić information content (AvgIpc) is 2.73. The zero-order valence-corrected chi connectivity index (χ0v) is 12.8. The molecule has 1 aromatic carbocycles. The average molecular weight is 345 g/mol. The van der Waals surface area contributed by atoms with Gasteiger partial charge in [0.05, 0.1) is 11.7 Å². The zero-order chi connectivity index (χ0) is 14.7. The Morgan fingerprint density at radius 3 is 2.50 bits per heavy atom. The topological polar surface area (TPSA) is 42.7 Å². The van der Waals surface area contributed by atoms with Crippen LogP contribution in [0.5, 0.6) is 0 Å². The maximum Gasteiger partial charge on any atom is 0.153 e. The molecule has 1 aromatic heterocycles. The second-order valence-corrected chi connectivity index (χ2v) is 5.16. The van der Waals surface area contributed by atoms with Crippen LogP contribution in [0.4, 0.5) is 8.78 Å². The fourth-order valence-electron chi connectivity index (χ4n) is 2.06. The lowest BCUT2D eigenvalue weighted by Crippen LogP contribution is -2.27. The lowest BCUT2D eigenvalue weighted by atomic mass is 10.0. The van der Waals surface area contributed by atoms with Crippen molar-refractivity contribution in [3.63, 3.8) is 0 Å². The molecule has 0 radical (unpaired) electrons.